The van der Waals surface area contributed by atoms with Gasteiger partial charge in [0.05, 0.1) is 17.9 Å². The van der Waals surface area contributed by atoms with Gasteiger partial charge in [0.15, 0.2) is 5.78 Å². The molecule has 2 heterocycles. The highest BCUT2D eigenvalue weighted by Gasteiger charge is 2.30. The molecule has 0 radical (unpaired) electrons. The number of anilines is 1. The van der Waals surface area contributed by atoms with Crippen molar-refractivity contribution in [3.05, 3.63) is 65.5 Å². The van der Waals surface area contributed by atoms with Gasteiger partial charge in [-0.15, -0.1) is 5.10 Å². The van der Waals surface area contributed by atoms with Crippen LogP contribution in [0.1, 0.15) is 40.5 Å². The fraction of sp³-hybridized carbons (Fsp3) is 0.273. The molecule has 0 atom stereocenters. The van der Waals surface area contributed by atoms with Gasteiger partial charge in [0.25, 0.3) is 0 Å². The van der Waals surface area contributed by atoms with Crippen LogP contribution in [0.15, 0.2) is 53.7 Å². The first-order valence-corrected chi connectivity index (χ1v) is 10.7. The first-order valence-electron chi connectivity index (χ1n) is 9.68. The van der Waals surface area contributed by atoms with Crippen LogP contribution in [-0.2, 0) is 11.2 Å². The number of para-hydroxylation sites is 1. The zero-order valence-corrected chi connectivity index (χ0v) is 16.9. The van der Waals surface area contributed by atoms with Crippen molar-refractivity contribution in [1.82, 2.24) is 14.8 Å². The quantitative estimate of drug-likeness (QED) is 0.463. The number of hydrogen-bond donors (Lipinski definition) is 0. The van der Waals surface area contributed by atoms with Gasteiger partial charge in [-0.25, -0.2) is 9.67 Å². The number of hydrogen-bond acceptors (Lipinski definition) is 5. The Morgan fingerprint density at radius 3 is 2.72 bits per heavy atom. The molecule has 146 valence electrons. The molecular weight excluding hydrogens is 384 g/mol. The fourth-order valence-corrected chi connectivity index (χ4v) is 4.31. The maximum atomic E-state index is 12.7. The molecule has 0 N–H and O–H groups in total. The zero-order chi connectivity index (χ0) is 20.0. The van der Waals surface area contributed by atoms with Gasteiger partial charge < -0.3 is 4.90 Å². The van der Waals surface area contributed by atoms with Crippen molar-refractivity contribution in [3.63, 3.8) is 0 Å². The number of Topliss-reactive ketones (excluding diaryl/α,β-unsaturated/α-hetero) is 1. The highest BCUT2D eigenvalue weighted by Crippen LogP contribution is 2.40. The average molecular weight is 404 g/mol. The van der Waals surface area contributed by atoms with E-state index in [1.165, 1.54) is 11.8 Å². The summed E-state index contributed by atoms with van der Waals surface area (Å²) in [4.78, 5) is 30.9. The Labute approximate surface area is 172 Å². The summed E-state index contributed by atoms with van der Waals surface area (Å²) in [6.07, 6.45) is 2.63. The molecule has 1 amide bonds. The fourth-order valence-electron chi connectivity index (χ4n) is 3.59. The van der Waals surface area contributed by atoms with Gasteiger partial charge in [-0.2, -0.15) is 0 Å². The van der Waals surface area contributed by atoms with Crippen LogP contribution in [0.4, 0.5) is 5.69 Å². The number of likely N-dealkylation sites (N-methyl/N-ethyl adjacent to an activating group) is 1. The summed E-state index contributed by atoms with van der Waals surface area (Å²) in [6, 6.07) is 15.5. The maximum absolute atomic E-state index is 12.7. The van der Waals surface area contributed by atoms with Crippen molar-refractivity contribution >= 4 is 29.1 Å². The van der Waals surface area contributed by atoms with Crippen LogP contribution in [0.5, 0.6) is 0 Å². The van der Waals surface area contributed by atoms with Crippen molar-refractivity contribution in [3.8, 4) is 5.69 Å². The van der Waals surface area contributed by atoms with E-state index in [9.17, 15) is 9.59 Å². The van der Waals surface area contributed by atoms with Gasteiger partial charge in [-0.3, -0.25) is 9.59 Å². The lowest BCUT2D eigenvalue weighted by Crippen LogP contribution is -2.20. The lowest BCUT2D eigenvalue weighted by Gasteiger charge is -2.10. The molecule has 0 unspecified atom stereocenters. The predicted molar refractivity (Wildman–Crippen MR) is 112 cm³/mol. The lowest BCUT2D eigenvalue weighted by atomic mass is 10.1. The molecule has 1 fully saturated rings. The summed E-state index contributed by atoms with van der Waals surface area (Å²) in [5, 5.41) is 5.28. The van der Waals surface area contributed by atoms with Crippen molar-refractivity contribution < 1.29 is 9.59 Å². The number of amides is 1. The van der Waals surface area contributed by atoms with E-state index in [-0.39, 0.29) is 17.4 Å². The summed E-state index contributed by atoms with van der Waals surface area (Å²) in [7, 11) is 1.76. The molecule has 1 aliphatic carbocycles. The number of thioether (sulfide) groups is 1. The van der Waals surface area contributed by atoms with Crippen LogP contribution in [0, 0.1) is 0 Å². The molecule has 2 aromatic carbocycles. The summed E-state index contributed by atoms with van der Waals surface area (Å²) in [6.45, 7) is 0. The van der Waals surface area contributed by atoms with Crippen LogP contribution in [0.2, 0.25) is 0 Å². The monoisotopic (exact) mass is 404 g/mol. The Balaban J connectivity index is 1.32. The van der Waals surface area contributed by atoms with E-state index in [1.54, 1.807) is 18.0 Å². The van der Waals surface area contributed by atoms with E-state index in [1.807, 2.05) is 47.1 Å². The van der Waals surface area contributed by atoms with E-state index in [4.69, 9.17) is 4.98 Å². The van der Waals surface area contributed by atoms with E-state index < -0.39 is 0 Å². The normalized spacial score (nSPS) is 15.6. The summed E-state index contributed by atoms with van der Waals surface area (Å²) >= 11 is 1.36. The number of rotatable bonds is 6. The number of fused-ring (bicyclic) bond motifs is 1. The third kappa shape index (κ3) is 3.46. The maximum Gasteiger partial charge on any atom is 0.231 e. The second kappa shape index (κ2) is 7.15. The summed E-state index contributed by atoms with van der Waals surface area (Å²) < 4.78 is 1.90. The van der Waals surface area contributed by atoms with Crippen molar-refractivity contribution in [2.45, 2.75) is 30.3 Å². The molecule has 1 aromatic heterocycles. The number of ketones is 1. The van der Waals surface area contributed by atoms with E-state index in [0.29, 0.717) is 23.1 Å². The molecule has 3 aromatic rings. The highest BCUT2D eigenvalue weighted by molar-refractivity contribution is 7.99. The van der Waals surface area contributed by atoms with Gasteiger partial charge in [0.1, 0.15) is 5.82 Å². The molecule has 7 heteroatoms. The Kier molecular flexibility index (Phi) is 4.47. The number of aromatic nitrogens is 3. The molecule has 6 nitrogen and oxygen atoms in total. The molecule has 1 saturated carbocycles. The molecule has 0 bridgehead atoms. The topological polar surface area (TPSA) is 68.1 Å². The standard InChI is InChI=1S/C22H20N4O2S/c1-25-18-10-9-15(11-16(18)12-20(25)28)19(27)13-29-22-23-21(14-7-8-14)26(24-22)17-5-3-2-4-6-17/h2-6,9-11,14H,7-8,12-13H2,1H3. The average Bonchev–Trinajstić information content (AvgIpc) is 3.44. The number of nitrogens with zero attached hydrogens (tertiary/aromatic N) is 4. The second-order valence-electron chi connectivity index (χ2n) is 7.46. The third-order valence-electron chi connectivity index (χ3n) is 5.37. The number of carbonyl (C=O) groups excluding carboxylic acids is 2. The van der Waals surface area contributed by atoms with Gasteiger partial charge in [-0.1, -0.05) is 30.0 Å². The van der Waals surface area contributed by atoms with Gasteiger partial charge >= 0.3 is 0 Å². The van der Waals surface area contributed by atoms with Crippen LogP contribution in [0.25, 0.3) is 5.69 Å². The Hall–Kier alpha value is -2.93. The van der Waals surface area contributed by atoms with Crippen LogP contribution < -0.4 is 4.90 Å². The van der Waals surface area contributed by atoms with Gasteiger partial charge in [-0.05, 0) is 48.7 Å². The first kappa shape index (κ1) is 18.1. The zero-order valence-electron chi connectivity index (χ0n) is 16.0. The van der Waals surface area contributed by atoms with E-state index in [0.717, 1.165) is 35.6 Å². The summed E-state index contributed by atoms with van der Waals surface area (Å²) in [5.41, 5.74) is 3.42. The second-order valence-corrected chi connectivity index (χ2v) is 8.40. The molecule has 0 spiro atoms. The third-order valence-corrected chi connectivity index (χ3v) is 6.20. The molecule has 2 aliphatic rings. The van der Waals surface area contributed by atoms with E-state index in [2.05, 4.69) is 5.10 Å². The summed E-state index contributed by atoms with van der Waals surface area (Å²) in [5.74, 6) is 1.78. The number of benzene rings is 2. The van der Waals surface area contributed by atoms with Crippen molar-refractivity contribution in [1.29, 1.82) is 0 Å². The molecule has 1 aliphatic heterocycles. The van der Waals surface area contributed by atoms with Crippen LogP contribution in [-0.4, -0.2) is 39.3 Å². The minimum Gasteiger partial charge on any atom is -0.315 e. The van der Waals surface area contributed by atoms with Gasteiger partial charge in [0.2, 0.25) is 11.1 Å². The lowest BCUT2D eigenvalue weighted by molar-refractivity contribution is -0.117. The molecule has 0 saturated heterocycles. The van der Waals surface area contributed by atoms with E-state index >= 15 is 0 Å². The number of carbonyl (C=O) groups is 2. The largest absolute Gasteiger partial charge is 0.315 e. The molecule has 29 heavy (non-hydrogen) atoms. The van der Waals surface area contributed by atoms with Crippen LogP contribution in [0.3, 0.4) is 0 Å². The Bertz CT molecular complexity index is 1110. The minimum atomic E-state index is 0.0174. The van der Waals surface area contributed by atoms with Gasteiger partial charge in [0, 0.05) is 24.2 Å². The van der Waals surface area contributed by atoms with Crippen molar-refractivity contribution in [2.24, 2.45) is 0 Å². The van der Waals surface area contributed by atoms with Crippen molar-refractivity contribution in [2.75, 3.05) is 17.7 Å². The minimum absolute atomic E-state index is 0.0174. The SMILES string of the molecule is CN1C(=O)Cc2cc(C(=O)CSc3nc(C4CC4)n(-c4ccccc4)n3)ccc21. The Morgan fingerprint density at radius 2 is 1.97 bits per heavy atom. The first-order chi connectivity index (χ1) is 14.1. The smallest absolute Gasteiger partial charge is 0.231 e. The molecular formula is C22H20N4O2S. The predicted octanol–water partition coefficient (Wildman–Crippen LogP) is 3.64. The Morgan fingerprint density at radius 1 is 1.17 bits per heavy atom. The molecule has 5 rings (SSSR count). The van der Waals surface area contributed by atoms with Crippen LogP contribution >= 0.6 is 11.8 Å². The highest BCUT2D eigenvalue weighted by atomic mass is 32.2.